The highest BCUT2D eigenvalue weighted by atomic mass is 32.1. The molecular weight excluding hydrogens is 344 g/mol. The zero-order valence-corrected chi connectivity index (χ0v) is 15.6. The quantitative estimate of drug-likeness (QED) is 0.831. The minimum Gasteiger partial charge on any atom is -0.481 e. The van der Waals surface area contributed by atoms with Crippen molar-refractivity contribution in [1.82, 2.24) is 10.3 Å². The number of benzene rings is 1. The van der Waals surface area contributed by atoms with Crippen LogP contribution in [0.5, 0.6) is 0 Å². The Morgan fingerprint density at radius 2 is 1.85 bits per heavy atom. The van der Waals surface area contributed by atoms with Gasteiger partial charge in [-0.2, -0.15) is 0 Å². The molecule has 2 aliphatic rings. The number of nitrogens with zero attached hydrogens (tertiary/aromatic N) is 1. The number of carboxylic acid groups (broad SMARTS) is 1. The van der Waals surface area contributed by atoms with E-state index in [0.717, 1.165) is 61.5 Å². The Balaban J connectivity index is 1.45. The van der Waals surface area contributed by atoms with Gasteiger partial charge in [0.25, 0.3) is 0 Å². The molecular formula is C21H24N2O2S. The maximum atomic E-state index is 11.1. The van der Waals surface area contributed by atoms with Crippen molar-refractivity contribution in [2.75, 3.05) is 13.1 Å². The van der Waals surface area contributed by atoms with Gasteiger partial charge in [0, 0.05) is 23.4 Å². The molecule has 1 fully saturated rings. The van der Waals surface area contributed by atoms with Gasteiger partial charge in [-0.1, -0.05) is 30.3 Å². The van der Waals surface area contributed by atoms with E-state index in [1.165, 1.54) is 11.1 Å². The molecule has 1 aromatic carbocycles. The molecule has 0 amide bonds. The van der Waals surface area contributed by atoms with E-state index in [1.54, 1.807) is 11.3 Å². The van der Waals surface area contributed by atoms with Crippen molar-refractivity contribution < 1.29 is 9.90 Å². The second-order valence-electron chi connectivity index (χ2n) is 7.22. The molecule has 2 N–H and O–H groups in total. The van der Waals surface area contributed by atoms with Crippen LogP contribution in [0.3, 0.4) is 0 Å². The molecule has 5 heteroatoms. The SMILES string of the molecule is O=C(O)C1CCC(c2nc(-c3ccc(C4=CCNCC4)cc3)cs2)CC1. The van der Waals surface area contributed by atoms with Gasteiger partial charge in [0.15, 0.2) is 0 Å². The lowest BCUT2D eigenvalue weighted by Crippen LogP contribution is -2.20. The lowest BCUT2D eigenvalue weighted by atomic mass is 9.82. The molecule has 4 nitrogen and oxygen atoms in total. The van der Waals surface area contributed by atoms with Gasteiger partial charge >= 0.3 is 5.97 Å². The predicted molar refractivity (Wildman–Crippen MR) is 105 cm³/mol. The summed E-state index contributed by atoms with van der Waals surface area (Å²) in [7, 11) is 0. The van der Waals surface area contributed by atoms with E-state index < -0.39 is 5.97 Å². The summed E-state index contributed by atoms with van der Waals surface area (Å²) in [6.07, 6.45) is 6.77. The molecule has 26 heavy (non-hydrogen) atoms. The van der Waals surface area contributed by atoms with Crippen molar-refractivity contribution in [2.24, 2.45) is 5.92 Å². The number of carboxylic acids is 1. The van der Waals surface area contributed by atoms with E-state index >= 15 is 0 Å². The molecule has 0 atom stereocenters. The monoisotopic (exact) mass is 368 g/mol. The summed E-state index contributed by atoms with van der Waals surface area (Å²) in [5, 5.41) is 15.8. The van der Waals surface area contributed by atoms with Crippen LogP contribution in [-0.4, -0.2) is 29.1 Å². The van der Waals surface area contributed by atoms with Crippen LogP contribution in [0.15, 0.2) is 35.7 Å². The first-order chi connectivity index (χ1) is 12.7. The highest BCUT2D eigenvalue weighted by molar-refractivity contribution is 7.10. The number of aromatic nitrogens is 1. The number of rotatable bonds is 4. The molecule has 0 radical (unpaired) electrons. The van der Waals surface area contributed by atoms with E-state index in [0.29, 0.717) is 5.92 Å². The maximum Gasteiger partial charge on any atom is 0.306 e. The van der Waals surface area contributed by atoms with Gasteiger partial charge < -0.3 is 10.4 Å². The highest BCUT2D eigenvalue weighted by Crippen LogP contribution is 2.38. The topological polar surface area (TPSA) is 62.2 Å². The largest absolute Gasteiger partial charge is 0.481 e. The van der Waals surface area contributed by atoms with Gasteiger partial charge in [0.05, 0.1) is 16.6 Å². The van der Waals surface area contributed by atoms with Crippen LogP contribution in [0.25, 0.3) is 16.8 Å². The highest BCUT2D eigenvalue weighted by Gasteiger charge is 2.28. The molecule has 0 spiro atoms. The standard InChI is InChI=1S/C21H24N2O2S/c24-21(25)18-7-5-17(6-8-18)20-23-19(13-26-20)16-3-1-14(2-4-16)15-9-11-22-12-10-15/h1-4,9,13,17-18,22H,5-8,10-12H2,(H,24,25). The average molecular weight is 369 g/mol. The first-order valence-corrected chi connectivity index (χ1v) is 10.3. The van der Waals surface area contributed by atoms with Crippen LogP contribution in [0.2, 0.25) is 0 Å². The first kappa shape index (κ1) is 17.4. The molecule has 0 saturated heterocycles. The smallest absolute Gasteiger partial charge is 0.306 e. The zero-order valence-electron chi connectivity index (χ0n) is 14.8. The minimum absolute atomic E-state index is 0.164. The normalized spacial score (nSPS) is 23.5. The molecule has 0 bridgehead atoms. The first-order valence-electron chi connectivity index (χ1n) is 9.39. The second-order valence-corrected chi connectivity index (χ2v) is 8.11. The Hall–Kier alpha value is -1.98. The molecule has 1 saturated carbocycles. The fourth-order valence-electron chi connectivity index (χ4n) is 3.93. The number of nitrogens with one attached hydrogen (secondary N) is 1. The molecule has 1 aliphatic carbocycles. The van der Waals surface area contributed by atoms with Crippen molar-refractivity contribution in [3.8, 4) is 11.3 Å². The molecule has 1 aliphatic heterocycles. The van der Waals surface area contributed by atoms with E-state index in [1.807, 2.05) is 0 Å². The van der Waals surface area contributed by atoms with Crippen molar-refractivity contribution >= 4 is 22.9 Å². The van der Waals surface area contributed by atoms with Gasteiger partial charge in [-0.25, -0.2) is 4.98 Å². The number of aliphatic carboxylic acids is 1. The zero-order chi connectivity index (χ0) is 17.9. The van der Waals surface area contributed by atoms with E-state index in [4.69, 9.17) is 10.1 Å². The Kier molecular flexibility index (Phi) is 5.18. The Labute approximate surface area is 158 Å². The Morgan fingerprint density at radius 3 is 2.50 bits per heavy atom. The maximum absolute atomic E-state index is 11.1. The van der Waals surface area contributed by atoms with E-state index in [9.17, 15) is 4.79 Å². The van der Waals surface area contributed by atoms with Gasteiger partial charge in [0.1, 0.15) is 0 Å². The van der Waals surface area contributed by atoms with Crippen LogP contribution < -0.4 is 5.32 Å². The van der Waals surface area contributed by atoms with Crippen LogP contribution in [0.4, 0.5) is 0 Å². The summed E-state index contributed by atoms with van der Waals surface area (Å²) in [5.74, 6) is -0.390. The van der Waals surface area contributed by atoms with E-state index in [-0.39, 0.29) is 5.92 Å². The third-order valence-electron chi connectivity index (χ3n) is 5.56. The number of carbonyl (C=O) groups is 1. The van der Waals surface area contributed by atoms with Gasteiger partial charge in [0.2, 0.25) is 0 Å². The molecule has 0 unspecified atom stereocenters. The predicted octanol–water partition coefficient (Wildman–Crippen LogP) is 4.55. The van der Waals surface area contributed by atoms with Crippen molar-refractivity contribution in [3.63, 3.8) is 0 Å². The van der Waals surface area contributed by atoms with Crippen LogP contribution in [0, 0.1) is 5.92 Å². The Morgan fingerprint density at radius 1 is 1.12 bits per heavy atom. The molecule has 2 aromatic rings. The van der Waals surface area contributed by atoms with Crippen molar-refractivity contribution in [1.29, 1.82) is 0 Å². The van der Waals surface area contributed by atoms with Gasteiger partial charge in [-0.15, -0.1) is 11.3 Å². The summed E-state index contributed by atoms with van der Waals surface area (Å²) in [6, 6.07) is 8.73. The van der Waals surface area contributed by atoms with Crippen LogP contribution >= 0.6 is 11.3 Å². The molecule has 1 aromatic heterocycles. The third kappa shape index (κ3) is 3.74. The van der Waals surface area contributed by atoms with Crippen molar-refractivity contribution in [2.45, 2.75) is 38.0 Å². The number of hydrogen-bond donors (Lipinski definition) is 2. The molecule has 2 heterocycles. The lowest BCUT2D eigenvalue weighted by molar-refractivity contribution is -0.142. The molecule has 136 valence electrons. The van der Waals surface area contributed by atoms with Gasteiger partial charge in [-0.05, 0) is 49.8 Å². The van der Waals surface area contributed by atoms with E-state index in [2.05, 4.69) is 41.0 Å². The summed E-state index contributed by atoms with van der Waals surface area (Å²) < 4.78 is 0. The second kappa shape index (κ2) is 7.72. The average Bonchev–Trinajstić information content (AvgIpc) is 3.19. The van der Waals surface area contributed by atoms with Crippen LogP contribution in [0.1, 0.15) is 48.6 Å². The number of thiazole rings is 1. The van der Waals surface area contributed by atoms with Crippen molar-refractivity contribution in [3.05, 3.63) is 46.3 Å². The summed E-state index contributed by atoms with van der Waals surface area (Å²) in [5.41, 5.74) is 4.92. The third-order valence-corrected chi connectivity index (χ3v) is 6.57. The van der Waals surface area contributed by atoms with Gasteiger partial charge in [-0.3, -0.25) is 4.79 Å². The lowest BCUT2D eigenvalue weighted by Gasteiger charge is -2.24. The minimum atomic E-state index is -0.646. The summed E-state index contributed by atoms with van der Waals surface area (Å²) in [6.45, 7) is 2.00. The number of hydrogen-bond acceptors (Lipinski definition) is 4. The fourth-order valence-corrected chi connectivity index (χ4v) is 4.94. The summed E-state index contributed by atoms with van der Waals surface area (Å²) in [4.78, 5) is 16.0. The fraction of sp³-hybridized carbons (Fsp3) is 0.429. The summed E-state index contributed by atoms with van der Waals surface area (Å²) >= 11 is 1.71. The van der Waals surface area contributed by atoms with Crippen LogP contribution in [-0.2, 0) is 4.79 Å². The molecule has 4 rings (SSSR count). The Bertz CT molecular complexity index is 802.